The van der Waals surface area contributed by atoms with Crippen molar-refractivity contribution in [3.05, 3.63) is 59.0 Å². The number of benzene rings is 3. The minimum atomic E-state index is -0.115. The molecule has 18 heavy (non-hydrogen) atoms. The summed E-state index contributed by atoms with van der Waals surface area (Å²) in [5.74, 6) is 0. The fourth-order valence-electron chi connectivity index (χ4n) is 2.22. The molecule has 0 aliphatic rings. The Balaban J connectivity index is 2.28. The van der Waals surface area contributed by atoms with E-state index in [1.807, 2.05) is 0 Å². The summed E-state index contributed by atoms with van der Waals surface area (Å²) in [4.78, 5) is 0. The normalized spacial score (nSPS) is 15.5. The molecule has 86 valence electrons. The van der Waals surface area contributed by atoms with Gasteiger partial charge in [-0.25, -0.2) is 0 Å². The Bertz CT molecular complexity index is 1130. The monoisotopic (exact) mass is 301 g/mol. The van der Waals surface area contributed by atoms with E-state index in [0.29, 0.717) is 31.8 Å². The van der Waals surface area contributed by atoms with Gasteiger partial charge in [-0.15, -0.1) is 0 Å². The van der Waals surface area contributed by atoms with Gasteiger partial charge in [-0.05, 0) is 23.6 Å². The number of hydrogen-bond acceptors (Lipinski definition) is 1. The van der Waals surface area contributed by atoms with Crippen LogP contribution in [0.2, 0.25) is 0 Å². The third-order valence-corrected chi connectivity index (χ3v) is 3.61. The van der Waals surface area contributed by atoms with Crippen molar-refractivity contribution in [3.63, 3.8) is 0 Å². The van der Waals surface area contributed by atoms with Gasteiger partial charge in [0.2, 0.25) is 0 Å². The van der Waals surface area contributed by atoms with Crippen molar-refractivity contribution in [2.45, 2.75) is 0 Å². The van der Waals surface area contributed by atoms with Crippen LogP contribution in [-0.2, 0) is 0 Å². The maximum atomic E-state index is 8.03. The highest BCUT2D eigenvalue weighted by atomic mass is 79.9. The molecule has 0 radical (unpaired) electrons. The molecule has 3 aromatic carbocycles. The second kappa shape index (κ2) is 3.59. The van der Waals surface area contributed by atoms with Crippen molar-refractivity contribution in [1.29, 1.82) is 0 Å². The summed E-state index contributed by atoms with van der Waals surface area (Å²) in [6.07, 6.45) is 0. The van der Waals surface area contributed by atoms with Crippen molar-refractivity contribution < 1.29 is 11.3 Å². The minimum absolute atomic E-state index is 0.00344. The maximum Gasteiger partial charge on any atom is 0.143 e. The van der Waals surface area contributed by atoms with Crippen LogP contribution in [0.25, 0.3) is 32.7 Å². The van der Waals surface area contributed by atoms with Crippen LogP contribution in [0.15, 0.2) is 63.4 Å². The maximum absolute atomic E-state index is 8.03. The molecule has 0 aliphatic heterocycles. The smallest absolute Gasteiger partial charge is 0.143 e. The molecule has 1 nitrogen and oxygen atoms in total. The van der Waals surface area contributed by atoms with Crippen molar-refractivity contribution in [2.24, 2.45) is 0 Å². The Hall–Kier alpha value is -1.80. The van der Waals surface area contributed by atoms with Gasteiger partial charge < -0.3 is 4.42 Å². The first kappa shape index (κ1) is 6.39. The Labute approximate surface area is 119 Å². The summed E-state index contributed by atoms with van der Waals surface area (Å²) in [5.41, 5.74) is 0.985. The average Bonchev–Trinajstić information content (AvgIpc) is 2.89. The predicted molar refractivity (Wildman–Crippen MR) is 78.9 cm³/mol. The van der Waals surface area contributed by atoms with Gasteiger partial charge in [0, 0.05) is 20.6 Å². The SMILES string of the molecule is [2H]c1cc2c(ccc3c2oc2cc([2H])c([2H])c(Br)c23)c([2H])c1[2H]. The molecule has 0 saturated carbocycles. The van der Waals surface area contributed by atoms with Crippen LogP contribution in [0.4, 0.5) is 0 Å². The van der Waals surface area contributed by atoms with Crippen molar-refractivity contribution in [1.82, 2.24) is 0 Å². The molecular weight excluding hydrogens is 288 g/mol. The van der Waals surface area contributed by atoms with E-state index in [2.05, 4.69) is 15.9 Å². The molecule has 4 rings (SSSR count). The quantitative estimate of drug-likeness (QED) is 0.418. The minimum Gasteiger partial charge on any atom is -0.455 e. The summed E-state index contributed by atoms with van der Waals surface area (Å²) in [5, 5.41) is 2.60. The van der Waals surface area contributed by atoms with E-state index in [1.54, 1.807) is 12.1 Å². The zero-order valence-electron chi connectivity index (χ0n) is 14.1. The molecule has 0 N–H and O–H groups in total. The van der Waals surface area contributed by atoms with Crippen LogP contribution in [0.1, 0.15) is 6.85 Å². The van der Waals surface area contributed by atoms with Crippen LogP contribution >= 0.6 is 15.9 Å². The fraction of sp³-hybridized carbons (Fsp3) is 0. The number of halogens is 1. The van der Waals surface area contributed by atoms with Crippen LogP contribution in [-0.4, -0.2) is 0 Å². The highest BCUT2D eigenvalue weighted by Crippen LogP contribution is 2.37. The van der Waals surface area contributed by atoms with Crippen molar-refractivity contribution in [3.8, 4) is 0 Å². The lowest BCUT2D eigenvalue weighted by Gasteiger charge is -1.97. The molecule has 0 saturated heterocycles. The van der Waals surface area contributed by atoms with Gasteiger partial charge in [0.05, 0.1) is 6.85 Å². The lowest BCUT2D eigenvalue weighted by atomic mass is 10.1. The largest absolute Gasteiger partial charge is 0.455 e. The van der Waals surface area contributed by atoms with Gasteiger partial charge in [-0.1, -0.05) is 52.2 Å². The summed E-state index contributed by atoms with van der Waals surface area (Å²) < 4.78 is 45.8. The van der Waals surface area contributed by atoms with Gasteiger partial charge in [0.1, 0.15) is 11.2 Å². The van der Waals surface area contributed by atoms with Crippen LogP contribution in [0.3, 0.4) is 0 Å². The highest BCUT2D eigenvalue weighted by molar-refractivity contribution is 9.10. The molecule has 2 heteroatoms. The van der Waals surface area contributed by atoms with Crippen molar-refractivity contribution in [2.75, 3.05) is 0 Å². The van der Waals surface area contributed by atoms with E-state index < -0.39 is 0 Å². The molecule has 0 fully saturated rings. The average molecular weight is 302 g/mol. The second-order valence-electron chi connectivity index (χ2n) is 4.01. The van der Waals surface area contributed by atoms with E-state index in [1.165, 1.54) is 12.1 Å². The lowest BCUT2D eigenvalue weighted by Crippen LogP contribution is -1.73. The Morgan fingerprint density at radius 2 is 1.89 bits per heavy atom. The number of hydrogen-bond donors (Lipinski definition) is 0. The van der Waals surface area contributed by atoms with Crippen LogP contribution in [0, 0.1) is 0 Å². The van der Waals surface area contributed by atoms with Crippen LogP contribution < -0.4 is 0 Å². The molecule has 0 spiro atoms. The Morgan fingerprint density at radius 3 is 2.83 bits per heavy atom. The number of rotatable bonds is 0. The van der Waals surface area contributed by atoms with E-state index in [9.17, 15) is 0 Å². The van der Waals surface area contributed by atoms with Gasteiger partial charge in [-0.3, -0.25) is 0 Å². The van der Waals surface area contributed by atoms with Gasteiger partial charge in [-0.2, -0.15) is 0 Å². The number of fused-ring (bicyclic) bond motifs is 5. The third kappa shape index (κ3) is 1.27. The summed E-state index contributed by atoms with van der Waals surface area (Å²) in [6.45, 7) is 0. The first-order chi connectivity index (χ1) is 10.9. The van der Waals surface area contributed by atoms with Gasteiger partial charge >= 0.3 is 0 Å². The molecular formula is C16H9BrO. The first-order valence-electron chi connectivity index (χ1n) is 7.91. The molecule has 0 amide bonds. The lowest BCUT2D eigenvalue weighted by molar-refractivity contribution is 0.672. The number of furan rings is 1. The Morgan fingerprint density at radius 1 is 0.944 bits per heavy atom. The van der Waals surface area contributed by atoms with Gasteiger partial charge in [0.15, 0.2) is 0 Å². The summed E-state index contributed by atoms with van der Waals surface area (Å²) in [7, 11) is 0. The molecule has 1 heterocycles. The van der Waals surface area contributed by atoms with E-state index in [0.717, 1.165) is 5.39 Å². The standard InChI is InChI=1S/C16H9BrO/c17-13-6-3-7-14-15(13)12-9-8-10-4-1-2-5-11(10)16(12)18-14/h1-9H/i1D,2D,3D,4D,6D. The highest BCUT2D eigenvalue weighted by Gasteiger charge is 2.11. The Kier molecular flexibility index (Phi) is 1.28. The van der Waals surface area contributed by atoms with Gasteiger partial charge in [0.25, 0.3) is 0 Å². The molecule has 0 bridgehead atoms. The molecule has 4 aromatic rings. The van der Waals surface area contributed by atoms with E-state index >= 15 is 0 Å². The topological polar surface area (TPSA) is 13.1 Å². The predicted octanol–water partition coefficient (Wildman–Crippen LogP) is 5.50. The molecule has 1 aromatic heterocycles. The van der Waals surface area contributed by atoms with E-state index in [4.69, 9.17) is 11.3 Å². The molecule has 0 unspecified atom stereocenters. The third-order valence-electron chi connectivity index (χ3n) is 3.01. The first-order valence-corrected chi connectivity index (χ1v) is 6.21. The fourth-order valence-corrected chi connectivity index (χ4v) is 2.74. The second-order valence-corrected chi connectivity index (χ2v) is 4.80. The summed E-state index contributed by atoms with van der Waals surface area (Å²) >= 11 is 3.36. The van der Waals surface area contributed by atoms with E-state index in [-0.39, 0.29) is 30.2 Å². The zero-order valence-corrected chi connectivity index (χ0v) is 10.7. The zero-order chi connectivity index (χ0) is 16.5. The van der Waals surface area contributed by atoms with Crippen LogP contribution in [0.5, 0.6) is 0 Å². The summed E-state index contributed by atoms with van der Waals surface area (Å²) in [6, 6.07) is 6.54. The molecule has 0 atom stereocenters. The molecule has 0 aliphatic carbocycles. The van der Waals surface area contributed by atoms with Crippen molar-refractivity contribution >= 4 is 48.6 Å².